The van der Waals surface area contributed by atoms with E-state index in [9.17, 15) is 9.59 Å². The molecule has 0 saturated carbocycles. The van der Waals surface area contributed by atoms with Crippen LogP contribution in [0.5, 0.6) is 0 Å². The molecule has 0 fully saturated rings. The van der Waals surface area contributed by atoms with Crippen molar-refractivity contribution in [3.8, 4) is 0 Å². The molecule has 2 atom stereocenters. The summed E-state index contributed by atoms with van der Waals surface area (Å²) in [7, 11) is 1.35. The predicted octanol–water partition coefficient (Wildman–Crippen LogP) is 1.59. The van der Waals surface area contributed by atoms with Gasteiger partial charge in [0, 0.05) is 18.3 Å². The topological polar surface area (TPSA) is 61.8 Å². The van der Waals surface area contributed by atoms with Crippen LogP contribution in [0.25, 0.3) is 0 Å². The third-order valence-electron chi connectivity index (χ3n) is 1.83. The van der Waals surface area contributed by atoms with Gasteiger partial charge in [0.05, 0.1) is 0 Å². The lowest BCUT2D eigenvalue weighted by atomic mass is 10.3. The summed E-state index contributed by atoms with van der Waals surface area (Å²) in [4.78, 5) is 22.5. The number of hydrogen-bond acceptors (Lipinski definition) is 5. The number of ether oxygens (including phenoxy) is 3. The number of rotatable bonds is 6. The highest BCUT2D eigenvalue weighted by molar-refractivity contribution is 5.87. The lowest BCUT2D eigenvalue weighted by molar-refractivity contribution is -0.198. The summed E-state index contributed by atoms with van der Waals surface area (Å²) in [5.74, 6) is -1.17. The fourth-order valence-electron chi connectivity index (χ4n) is 0.867. The van der Waals surface area contributed by atoms with E-state index in [1.165, 1.54) is 21.0 Å². The highest BCUT2D eigenvalue weighted by atomic mass is 16.7. The van der Waals surface area contributed by atoms with Crippen LogP contribution >= 0.6 is 0 Å². The zero-order chi connectivity index (χ0) is 13.6. The first-order valence-electron chi connectivity index (χ1n) is 5.05. The maximum Gasteiger partial charge on any atom is 0.335 e. The monoisotopic (exact) mass is 242 g/mol. The van der Waals surface area contributed by atoms with Gasteiger partial charge in [-0.1, -0.05) is 13.2 Å². The van der Waals surface area contributed by atoms with Crippen LogP contribution in [0.1, 0.15) is 20.8 Å². The van der Waals surface area contributed by atoms with E-state index < -0.39 is 24.3 Å². The molecule has 17 heavy (non-hydrogen) atoms. The van der Waals surface area contributed by atoms with Crippen molar-refractivity contribution in [3.63, 3.8) is 0 Å². The van der Waals surface area contributed by atoms with Crippen molar-refractivity contribution < 1.29 is 23.8 Å². The predicted molar refractivity (Wildman–Crippen MR) is 62.1 cm³/mol. The number of carbonyl (C=O) groups is 2. The van der Waals surface area contributed by atoms with Gasteiger partial charge in [-0.15, -0.1) is 0 Å². The smallest absolute Gasteiger partial charge is 0.335 e. The first kappa shape index (κ1) is 15.4. The highest BCUT2D eigenvalue weighted by Crippen LogP contribution is 2.09. The van der Waals surface area contributed by atoms with Gasteiger partial charge in [0.2, 0.25) is 6.29 Å². The maximum absolute atomic E-state index is 11.3. The molecule has 0 N–H and O–H groups in total. The van der Waals surface area contributed by atoms with Crippen molar-refractivity contribution in [2.24, 2.45) is 0 Å². The largest absolute Gasteiger partial charge is 0.453 e. The Morgan fingerprint density at radius 2 is 1.41 bits per heavy atom. The zero-order valence-electron chi connectivity index (χ0n) is 10.6. The van der Waals surface area contributed by atoms with Gasteiger partial charge in [-0.05, 0) is 20.8 Å². The van der Waals surface area contributed by atoms with Gasteiger partial charge in [0.1, 0.15) is 0 Å². The second-order valence-electron chi connectivity index (χ2n) is 3.68. The van der Waals surface area contributed by atoms with Crippen molar-refractivity contribution in [3.05, 3.63) is 24.3 Å². The number of carbonyl (C=O) groups excluding carboxylic acids is 2. The molecule has 0 aromatic rings. The summed E-state index contributed by atoms with van der Waals surface area (Å²) in [5.41, 5.74) is 0.503. The van der Waals surface area contributed by atoms with Crippen LogP contribution in [-0.2, 0) is 23.8 Å². The maximum atomic E-state index is 11.3. The molecule has 2 unspecified atom stereocenters. The molecule has 0 amide bonds. The van der Waals surface area contributed by atoms with E-state index in [-0.39, 0.29) is 11.1 Å². The Labute approximate surface area is 101 Å². The van der Waals surface area contributed by atoms with Crippen molar-refractivity contribution in [2.45, 2.75) is 33.2 Å². The van der Waals surface area contributed by atoms with Crippen LogP contribution in [0.15, 0.2) is 24.3 Å². The molecule has 96 valence electrons. The van der Waals surface area contributed by atoms with Crippen LogP contribution in [-0.4, -0.2) is 31.4 Å². The third kappa shape index (κ3) is 5.31. The average Bonchev–Trinajstić information content (AvgIpc) is 2.24. The molecular formula is C12H18O5. The molecule has 0 radical (unpaired) electrons. The second-order valence-corrected chi connectivity index (χ2v) is 3.68. The molecule has 0 rings (SSSR count). The van der Waals surface area contributed by atoms with Gasteiger partial charge in [0.25, 0.3) is 0 Å². The summed E-state index contributed by atoms with van der Waals surface area (Å²) >= 11 is 0. The highest BCUT2D eigenvalue weighted by Gasteiger charge is 2.25. The van der Waals surface area contributed by atoms with Gasteiger partial charge in [-0.25, -0.2) is 9.59 Å². The fraction of sp³-hybridized carbons (Fsp3) is 0.500. The molecule has 0 heterocycles. The standard InChI is InChI=1S/C12H18O5/c1-7(2)10(13)16-9(5)12(15-6)17-11(14)8(3)4/h9,12H,1,3H2,2,4-6H3. The van der Waals surface area contributed by atoms with Crippen molar-refractivity contribution in [1.82, 2.24) is 0 Å². The summed E-state index contributed by atoms with van der Waals surface area (Å²) in [6.45, 7) is 11.5. The minimum Gasteiger partial charge on any atom is -0.453 e. The molecule has 0 aliphatic heterocycles. The van der Waals surface area contributed by atoms with E-state index in [0.29, 0.717) is 0 Å². The zero-order valence-corrected chi connectivity index (χ0v) is 10.6. The molecule has 0 saturated heterocycles. The van der Waals surface area contributed by atoms with E-state index in [4.69, 9.17) is 14.2 Å². The Morgan fingerprint density at radius 1 is 1.00 bits per heavy atom. The van der Waals surface area contributed by atoms with E-state index in [2.05, 4.69) is 13.2 Å². The first-order valence-corrected chi connectivity index (χ1v) is 5.05. The van der Waals surface area contributed by atoms with Crippen LogP contribution < -0.4 is 0 Å². The van der Waals surface area contributed by atoms with E-state index >= 15 is 0 Å². The molecule has 5 heteroatoms. The van der Waals surface area contributed by atoms with Gasteiger partial charge in [-0.3, -0.25) is 0 Å². The van der Waals surface area contributed by atoms with Crippen LogP contribution in [0.3, 0.4) is 0 Å². The fourth-order valence-corrected chi connectivity index (χ4v) is 0.867. The van der Waals surface area contributed by atoms with E-state index in [1.54, 1.807) is 6.92 Å². The summed E-state index contributed by atoms with van der Waals surface area (Å²) in [6, 6.07) is 0. The normalized spacial score (nSPS) is 13.4. The summed E-state index contributed by atoms with van der Waals surface area (Å²) < 4.78 is 14.8. The molecular weight excluding hydrogens is 224 g/mol. The van der Waals surface area contributed by atoms with Crippen molar-refractivity contribution >= 4 is 11.9 Å². The summed E-state index contributed by atoms with van der Waals surface area (Å²) in [5, 5.41) is 0. The second kappa shape index (κ2) is 6.85. The number of hydrogen-bond donors (Lipinski definition) is 0. The minimum absolute atomic E-state index is 0.241. The molecule has 0 bridgehead atoms. The Kier molecular flexibility index (Phi) is 6.20. The molecule has 0 aromatic carbocycles. The molecule has 5 nitrogen and oxygen atoms in total. The lowest BCUT2D eigenvalue weighted by Gasteiger charge is -2.22. The van der Waals surface area contributed by atoms with Crippen LogP contribution in [0, 0.1) is 0 Å². The molecule has 0 aliphatic rings. The van der Waals surface area contributed by atoms with Crippen LogP contribution in [0.2, 0.25) is 0 Å². The SMILES string of the molecule is C=C(C)C(=O)OC(C)C(OC)OC(=O)C(=C)C. The van der Waals surface area contributed by atoms with Crippen molar-refractivity contribution in [1.29, 1.82) is 0 Å². The van der Waals surface area contributed by atoms with E-state index in [1.807, 2.05) is 0 Å². The summed E-state index contributed by atoms with van der Waals surface area (Å²) in [6.07, 6.45) is -1.70. The van der Waals surface area contributed by atoms with E-state index in [0.717, 1.165) is 0 Å². The number of esters is 2. The van der Waals surface area contributed by atoms with Gasteiger partial charge >= 0.3 is 11.9 Å². The van der Waals surface area contributed by atoms with Gasteiger partial charge in [-0.2, -0.15) is 0 Å². The quantitative estimate of drug-likeness (QED) is 0.402. The molecule has 0 aliphatic carbocycles. The van der Waals surface area contributed by atoms with Gasteiger partial charge in [0.15, 0.2) is 6.10 Å². The van der Waals surface area contributed by atoms with Crippen LogP contribution in [0.4, 0.5) is 0 Å². The number of methoxy groups -OCH3 is 1. The minimum atomic E-state index is -0.970. The first-order chi connectivity index (χ1) is 7.79. The van der Waals surface area contributed by atoms with Gasteiger partial charge < -0.3 is 14.2 Å². The van der Waals surface area contributed by atoms with Crippen molar-refractivity contribution in [2.75, 3.05) is 7.11 Å². The third-order valence-corrected chi connectivity index (χ3v) is 1.83. The lowest BCUT2D eigenvalue weighted by Crippen LogP contribution is -2.34. The Morgan fingerprint density at radius 3 is 1.76 bits per heavy atom. The Hall–Kier alpha value is -1.62. The Balaban J connectivity index is 4.45. The molecule has 0 aromatic heterocycles. The average molecular weight is 242 g/mol. The Bertz CT molecular complexity index is 332. The molecule has 0 spiro atoms.